The molecule has 0 spiro atoms. The number of rotatable bonds is 8. The molecule has 0 saturated heterocycles. The van der Waals surface area contributed by atoms with Crippen LogP contribution in [0.15, 0.2) is 181 Å². The van der Waals surface area contributed by atoms with E-state index in [4.69, 9.17) is 15.0 Å². The molecule has 2 heterocycles. The second-order valence-electron chi connectivity index (χ2n) is 12.1. The largest absolute Gasteiger partial charge is 0.252 e. The van der Waals surface area contributed by atoms with Gasteiger partial charge in [-0.25, -0.2) is 9.97 Å². The number of aliphatic imine (C=N–C) groups is 1. The summed E-state index contributed by atoms with van der Waals surface area (Å²) in [7, 11) is 0. The van der Waals surface area contributed by atoms with Gasteiger partial charge in [-0.3, -0.25) is 4.99 Å². The van der Waals surface area contributed by atoms with Crippen molar-refractivity contribution in [3.05, 3.63) is 193 Å². The second kappa shape index (κ2) is 13.7. The van der Waals surface area contributed by atoms with Gasteiger partial charge in [-0.1, -0.05) is 158 Å². The number of fused-ring (bicyclic) bond motifs is 3. The molecule has 50 heavy (non-hydrogen) atoms. The minimum absolute atomic E-state index is 0.713. The number of nitrogens with zero attached hydrogens (tertiary/aromatic N) is 3. The maximum Gasteiger partial charge on any atom is 0.161 e. The molecule has 2 aromatic heterocycles. The molecule has 238 valence electrons. The Bertz CT molecular complexity index is 2550. The Hall–Kier alpha value is -6.23. The highest BCUT2D eigenvalue weighted by molar-refractivity contribution is 7.25. The fraction of sp³-hybridized carbons (Fsp3) is 0.0217. The van der Waals surface area contributed by atoms with Gasteiger partial charge in [-0.2, -0.15) is 0 Å². The Morgan fingerprint density at radius 1 is 0.580 bits per heavy atom. The molecule has 0 unspecified atom stereocenters. The van der Waals surface area contributed by atoms with Gasteiger partial charge in [-0.05, 0) is 47.4 Å². The van der Waals surface area contributed by atoms with Gasteiger partial charge in [0, 0.05) is 43.4 Å². The van der Waals surface area contributed by atoms with Crippen LogP contribution < -0.4 is 0 Å². The monoisotopic (exact) mass is 659 g/mol. The first-order chi connectivity index (χ1) is 24.7. The van der Waals surface area contributed by atoms with E-state index in [2.05, 4.69) is 135 Å². The van der Waals surface area contributed by atoms with Crippen molar-refractivity contribution in [2.45, 2.75) is 6.92 Å². The lowest BCUT2D eigenvalue weighted by Gasteiger charge is -2.13. The maximum absolute atomic E-state index is 5.23. The molecular weight excluding hydrogens is 627 g/mol. The standard InChI is InChI=1S/C46H33N3S/c1-3-39(43(33-19-9-5-10-20-33)47-31(2)32-17-7-4-8-18-32)37-25-15-23-35(29-37)36-24-16-26-38(30-36)45-48-44(34-21-11-6-12-22-34)42-40-27-13-14-28-41(40)50-46(42)49-45/h3-30H,1H2,2H3/b43-39+,47-31?. The second-order valence-corrected chi connectivity index (χ2v) is 13.1. The zero-order chi connectivity index (χ0) is 33.9. The summed E-state index contributed by atoms with van der Waals surface area (Å²) in [5.74, 6) is 0.713. The van der Waals surface area contributed by atoms with Crippen LogP contribution in [0.4, 0.5) is 0 Å². The summed E-state index contributed by atoms with van der Waals surface area (Å²) in [6.45, 7) is 6.31. The van der Waals surface area contributed by atoms with Crippen molar-refractivity contribution < 1.29 is 0 Å². The van der Waals surface area contributed by atoms with Crippen molar-refractivity contribution in [1.82, 2.24) is 9.97 Å². The molecule has 0 amide bonds. The van der Waals surface area contributed by atoms with E-state index in [-0.39, 0.29) is 0 Å². The molecule has 0 aliphatic carbocycles. The van der Waals surface area contributed by atoms with E-state index in [9.17, 15) is 0 Å². The van der Waals surface area contributed by atoms with Gasteiger partial charge in [0.1, 0.15) is 4.83 Å². The van der Waals surface area contributed by atoms with Crippen LogP contribution in [0.25, 0.3) is 65.3 Å². The molecular formula is C46H33N3S. The molecule has 3 nitrogen and oxygen atoms in total. The molecule has 0 saturated carbocycles. The smallest absolute Gasteiger partial charge is 0.161 e. The van der Waals surface area contributed by atoms with Gasteiger partial charge in [0.05, 0.1) is 11.4 Å². The molecule has 0 aliphatic heterocycles. The first-order valence-electron chi connectivity index (χ1n) is 16.6. The maximum atomic E-state index is 5.23. The lowest BCUT2D eigenvalue weighted by molar-refractivity contribution is 1.24. The molecule has 0 fully saturated rings. The Balaban J connectivity index is 1.24. The van der Waals surface area contributed by atoms with E-state index in [1.54, 1.807) is 11.3 Å². The molecule has 6 aromatic carbocycles. The minimum atomic E-state index is 0.713. The lowest BCUT2D eigenvalue weighted by Crippen LogP contribution is -1.97. The normalized spacial score (nSPS) is 12.2. The summed E-state index contributed by atoms with van der Waals surface area (Å²) in [4.78, 5) is 16.6. The van der Waals surface area contributed by atoms with Gasteiger partial charge in [-0.15, -0.1) is 11.3 Å². The van der Waals surface area contributed by atoms with Crippen molar-refractivity contribution in [1.29, 1.82) is 0 Å². The number of allylic oxidation sites excluding steroid dienone is 2. The van der Waals surface area contributed by atoms with Crippen LogP contribution in [-0.2, 0) is 0 Å². The molecule has 8 aromatic rings. The Kier molecular flexibility index (Phi) is 8.52. The van der Waals surface area contributed by atoms with Gasteiger partial charge >= 0.3 is 0 Å². The highest BCUT2D eigenvalue weighted by Crippen LogP contribution is 2.40. The fourth-order valence-corrected chi connectivity index (χ4v) is 7.48. The molecule has 0 aliphatic rings. The summed E-state index contributed by atoms with van der Waals surface area (Å²) >= 11 is 1.71. The molecule has 0 atom stereocenters. The predicted molar refractivity (Wildman–Crippen MR) is 213 cm³/mol. The number of thiophene rings is 1. The van der Waals surface area contributed by atoms with Crippen molar-refractivity contribution in [2.24, 2.45) is 4.99 Å². The first-order valence-corrected chi connectivity index (χ1v) is 17.5. The van der Waals surface area contributed by atoms with Gasteiger partial charge in [0.25, 0.3) is 0 Å². The van der Waals surface area contributed by atoms with Crippen LogP contribution in [0.1, 0.15) is 23.6 Å². The molecule has 0 N–H and O–H groups in total. The van der Waals surface area contributed by atoms with Crippen molar-refractivity contribution >= 4 is 48.6 Å². The van der Waals surface area contributed by atoms with E-state index in [0.717, 1.165) is 71.8 Å². The molecule has 8 rings (SSSR count). The van der Waals surface area contributed by atoms with Crippen LogP contribution in [0.5, 0.6) is 0 Å². The average Bonchev–Trinajstić information content (AvgIpc) is 3.57. The summed E-state index contributed by atoms with van der Waals surface area (Å²) in [6, 6.07) is 56.7. The van der Waals surface area contributed by atoms with Gasteiger partial charge < -0.3 is 0 Å². The molecule has 0 bridgehead atoms. The number of hydrogen-bond donors (Lipinski definition) is 0. The fourth-order valence-electron chi connectivity index (χ4n) is 6.40. The van der Waals surface area contributed by atoms with E-state index in [0.29, 0.717) is 5.82 Å². The summed E-state index contributed by atoms with van der Waals surface area (Å²) in [5, 5.41) is 2.29. The Morgan fingerprint density at radius 2 is 1.16 bits per heavy atom. The quantitative estimate of drug-likeness (QED) is 0.0925. The third kappa shape index (κ3) is 6.09. The highest BCUT2D eigenvalue weighted by Gasteiger charge is 2.17. The zero-order valence-corrected chi connectivity index (χ0v) is 28.4. The van der Waals surface area contributed by atoms with Crippen LogP contribution in [-0.4, -0.2) is 15.7 Å². The van der Waals surface area contributed by atoms with E-state index in [1.165, 1.54) is 10.1 Å². The Morgan fingerprint density at radius 3 is 1.90 bits per heavy atom. The number of benzene rings is 6. The average molecular weight is 660 g/mol. The van der Waals surface area contributed by atoms with Crippen LogP contribution in [0, 0.1) is 0 Å². The highest BCUT2D eigenvalue weighted by atomic mass is 32.1. The first kappa shape index (κ1) is 31.1. The number of hydrogen-bond acceptors (Lipinski definition) is 4. The van der Waals surface area contributed by atoms with Crippen molar-refractivity contribution in [3.8, 4) is 33.8 Å². The van der Waals surface area contributed by atoms with Crippen molar-refractivity contribution in [3.63, 3.8) is 0 Å². The minimum Gasteiger partial charge on any atom is -0.252 e. The van der Waals surface area contributed by atoms with E-state index >= 15 is 0 Å². The zero-order valence-electron chi connectivity index (χ0n) is 27.6. The van der Waals surface area contributed by atoms with Crippen molar-refractivity contribution in [2.75, 3.05) is 0 Å². The topological polar surface area (TPSA) is 38.1 Å². The predicted octanol–water partition coefficient (Wildman–Crippen LogP) is 12.4. The Labute approximate surface area is 296 Å². The molecule has 0 radical (unpaired) electrons. The van der Waals surface area contributed by atoms with Crippen LogP contribution >= 0.6 is 11.3 Å². The summed E-state index contributed by atoms with van der Waals surface area (Å²) < 4.78 is 1.21. The third-order valence-electron chi connectivity index (χ3n) is 8.89. The number of aromatic nitrogens is 2. The lowest BCUT2D eigenvalue weighted by atomic mass is 9.95. The van der Waals surface area contributed by atoms with Crippen LogP contribution in [0.2, 0.25) is 0 Å². The van der Waals surface area contributed by atoms with Gasteiger partial charge in [0.2, 0.25) is 0 Å². The summed E-state index contributed by atoms with van der Waals surface area (Å²) in [6.07, 6.45) is 1.92. The van der Waals surface area contributed by atoms with Crippen LogP contribution in [0.3, 0.4) is 0 Å². The summed E-state index contributed by atoms with van der Waals surface area (Å²) in [5.41, 5.74) is 11.1. The SMILES string of the molecule is C=C/C(=C(\N=C(C)c1ccccc1)c1ccccc1)c1cccc(-c2cccc(-c3nc(-c4ccccc4)c4c(n3)sc3ccccc34)c2)c1. The third-order valence-corrected chi connectivity index (χ3v) is 9.96. The van der Waals surface area contributed by atoms with E-state index in [1.807, 2.05) is 48.5 Å². The molecule has 4 heteroatoms. The van der Waals surface area contributed by atoms with Gasteiger partial charge in [0.15, 0.2) is 5.82 Å². The van der Waals surface area contributed by atoms with E-state index < -0.39 is 0 Å².